The van der Waals surface area contributed by atoms with Crippen LogP contribution < -0.4 is 0 Å². The molecule has 0 bridgehead atoms. The zero-order valence-corrected chi connectivity index (χ0v) is 12.3. The van der Waals surface area contributed by atoms with E-state index in [0.29, 0.717) is 6.61 Å². The Balaban J connectivity index is 1.99. The first kappa shape index (κ1) is 13.2. The molecule has 1 fully saturated rings. The number of hydrogen-bond donors (Lipinski definition) is 0. The summed E-state index contributed by atoms with van der Waals surface area (Å²) in [5.74, 6) is -0.0901. The molecule has 3 rings (SSSR count). The Hall–Kier alpha value is -1.77. The molecule has 0 saturated carbocycles. The van der Waals surface area contributed by atoms with Crippen molar-refractivity contribution in [2.75, 3.05) is 6.61 Å². The van der Waals surface area contributed by atoms with Crippen LogP contribution in [0, 0.1) is 5.41 Å². The Kier molecular flexibility index (Phi) is 3.08. The van der Waals surface area contributed by atoms with Crippen LogP contribution in [0.4, 0.5) is 0 Å². The van der Waals surface area contributed by atoms with E-state index in [0.717, 1.165) is 6.42 Å². The van der Waals surface area contributed by atoms with Gasteiger partial charge in [-0.2, -0.15) is 0 Å². The summed E-state index contributed by atoms with van der Waals surface area (Å²) in [7, 11) is 0. The van der Waals surface area contributed by atoms with Gasteiger partial charge in [0.05, 0.1) is 6.04 Å². The van der Waals surface area contributed by atoms with Crippen LogP contribution in [0.3, 0.4) is 0 Å². The molecule has 0 amide bonds. The number of ether oxygens (including phenoxy) is 1. The number of hydrogen-bond acceptors (Lipinski definition) is 3. The van der Waals surface area contributed by atoms with Crippen LogP contribution in [-0.4, -0.2) is 23.5 Å². The summed E-state index contributed by atoms with van der Waals surface area (Å²) in [6.07, 6.45) is 2.96. The number of benzene rings is 1. The van der Waals surface area contributed by atoms with Gasteiger partial charge in [-0.25, -0.2) is 4.79 Å². The minimum Gasteiger partial charge on any atom is -0.462 e. The largest absolute Gasteiger partial charge is 0.462 e. The van der Waals surface area contributed by atoms with Crippen molar-refractivity contribution in [2.24, 2.45) is 5.41 Å². The Morgan fingerprint density at radius 3 is 2.50 bits per heavy atom. The first-order chi connectivity index (χ1) is 9.48. The average Bonchev–Trinajstić information content (AvgIpc) is 2.86. The Bertz CT molecular complexity index is 542. The van der Waals surface area contributed by atoms with Gasteiger partial charge >= 0.3 is 5.97 Å². The number of carbonyl (C=O) groups excluding carboxylic acids is 1. The maximum Gasteiger partial charge on any atom is 0.329 e. The maximum absolute atomic E-state index is 12.0. The van der Waals surface area contributed by atoms with Crippen molar-refractivity contribution >= 4 is 5.97 Å². The van der Waals surface area contributed by atoms with Gasteiger partial charge in [0, 0.05) is 11.1 Å². The van der Waals surface area contributed by atoms with Crippen molar-refractivity contribution in [2.45, 2.75) is 39.3 Å². The van der Waals surface area contributed by atoms with E-state index in [1.54, 1.807) is 0 Å². The van der Waals surface area contributed by atoms with Crippen LogP contribution >= 0.6 is 0 Å². The van der Waals surface area contributed by atoms with Crippen molar-refractivity contribution in [3.05, 3.63) is 47.7 Å². The molecule has 3 heteroatoms. The molecule has 0 radical (unpaired) electrons. The van der Waals surface area contributed by atoms with Crippen LogP contribution in [0.15, 0.2) is 42.1 Å². The number of cyclic esters (lactones) is 1. The highest BCUT2D eigenvalue weighted by Gasteiger charge is 2.44. The lowest BCUT2D eigenvalue weighted by atomic mass is 9.90. The van der Waals surface area contributed by atoms with E-state index < -0.39 is 0 Å². The van der Waals surface area contributed by atoms with Gasteiger partial charge in [-0.15, -0.1) is 0 Å². The summed E-state index contributed by atoms with van der Waals surface area (Å²) in [5, 5.41) is 0. The van der Waals surface area contributed by atoms with Crippen molar-refractivity contribution in [3.63, 3.8) is 0 Å². The number of carbonyl (C=O) groups is 1. The number of nitrogens with zero attached hydrogens (tertiary/aromatic N) is 1. The number of allylic oxidation sites excluding steroid dienone is 1. The van der Waals surface area contributed by atoms with Crippen LogP contribution in [0.25, 0.3) is 0 Å². The molecule has 2 heterocycles. The molecule has 1 saturated heterocycles. The highest BCUT2D eigenvalue weighted by Crippen LogP contribution is 2.43. The minimum atomic E-state index is -0.150. The predicted octanol–water partition coefficient (Wildman–Crippen LogP) is 3.29. The van der Waals surface area contributed by atoms with Gasteiger partial charge in [-0.05, 0) is 12.0 Å². The van der Waals surface area contributed by atoms with Gasteiger partial charge in [0.1, 0.15) is 12.6 Å². The van der Waals surface area contributed by atoms with E-state index >= 15 is 0 Å². The van der Waals surface area contributed by atoms with E-state index in [4.69, 9.17) is 4.74 Å². The molecule has 2 atom stereocenters. The first-order valence-electron chi connectivity index (χ1n) is 7.19. The molecule has 20 heavy (non-hydrogen) atoms. The summed E-state index contributed by atoms with van der Waals surface area (Å²) in [4.78, 5) is 14.3. The van der Waals surface area contributed by atoms with E-state index in [1.165, 1.54) is 11.3 Å². The molecule has 0 N–H and O–H groups in total. The molecule has 1 aromatic rings. The molecule has 0 aromatic heterocycles. The number of rotatable bonds is 1. The highest BCUT2D eigenvalue weighted by atomic mass is 16.5. The maximum atomic E-state index is 12.0. The van der Waals surface area contributed by atoms with E-state index in [-0.39, 0.29) is 23.5 Å². The molecule has 1 aromatic carbocycles. The molecule has 0 spiro atoms. The molecule has 0 aliphatic carbocycles. The Morgan fingerprint density at radius 1 is 1.15 bits per heavy atom. The third-order valence-corrected chi connectivity index (χ3v) is 4.09. The molecular formula is C17H21NO2. The van der Waals surface area contributed by atoms with Crippen molar-refractivity contribution in [3.8, 4) is 0 Å². The Morgan fingerprint density at radius 2 is 1.85 bits per heavy atom. The lowest BCUT2D eigenvalue weighted by Gasteiger charge is -2.43. The number of esters is 1. The number of morpholine rings is 1. The van der Waals surface area contributed by atoms with Gasteiger partial charge in [-0.1, -0.05) is 57.2 Å². The summed E-state index contributed by atoms with van der Waals surface area (Å²) < 4.78 is 5.41. The van der Waals surface area contributed by atoms with Crippen LogP contribution in [0.5, 0.6) is 0 Å². The summed E-state index contributed by atoms with van der Waals surface area (Å²) in [5.41, 5.74) is 2.51. The van der Waals surface area contributed by atoms with Crippen molar-refractivity contribution < 1.29 is 9.53 Å². The summed E-state index contributed by atoms with van der Waals surface area (Å²) in [6.45, 7) is 7.03. The minimum absolute atomic E-state index is 0.0411. The van der Waals surface area contributed by atoms with Crippen LogP contribution in [0.1, 0.15) is 38.8 Å². The summed E-state index contributed by atoms with van der Waals surface area (Å²) in [6, 6.07) is 10.3. The van der Waals surface area contributed by atoms with Gasteiger partial charge in [0.15, 0.2) is 0 Å². The zero-order chi connectivity index (χ0) is 14.3. The van der Waals surface area contributed by atoms with E-state index in [2.05, 4.69) is 43.9 Å². The van der Waals surface area contributed by atoms with Gasteiger partial charge in [0.2, 0.25) is 0 Å². The Labute approximate surface area is 120 Å². The topological polar surface area (TPSA) is 29.5 Å². The molecular weight excluding hydrogens is 250 g/mol. The first-order valence-corrected chi connectivity index (χ1v) is 7.19. The lowest BCUT2D eigenvalue weighted by Crippen LogP contribution is -2.48. The quantitative estimate of drug-likeness (QED) is 0.734. The normalized spacial score (nSPS) is 26.1. The second-order valence-corrected chi connectivity index (χ2v) is 6.55. The van der Waals surface area contributed by atoms with Gasteiger partial charge < -0.3 is 9.64 Å². The standard InChI is InChI=1S/C17H21NO2/c1-17(2,3)15-10-9-13-16(19)20-11-14(18(13)15)12-7-5-4-6-8-12/h4-8,10,13-14H,9,11H2,1-3H3/t13-,14+/m0/s1. The van der Waals surface area contributed by atoms with E-state index in [1.807, 2.05) is 18.2 Å². The zero-order valence-electron chi connectivity index (χ0n) is 12.3. The van der Waals surface area contributed by atoms with Crippen molar-refractivity contribution in [1.29, 1.82) is 0 Å². The van der Waals surface area contributed by atoms with Crippen LogP contribution in [0.2, 0.25) is 0 Å². The lowest BCUT2D eigenvalue weighted by molar-refractivity contribution is -0.160. The average molecular weight is 271 g/mol. The monoisotopic (exact) mass is 271 g/mol. The van der Waals surface area contributed by atoms with E-state index in [9.17, 15) is 4.79 Å². The number of fused-ring (bicyclic) bond motifs is 1. The smallest absolute Gasteiger partial charge is 0.329 e. The predicted molar refractivity (Wildman–Crippen MR) is 77.9 cm³/mol. The third kappa shape index (κ3) is 2.11. The van der Waals surface area contributed by atoms with Crippen molar-refractivity contribution in [1.82, 2.24) is 4.90 Å². The molecule has 106 valence electrons. The van der Waals surface area contributed by atoms with Crippen LogP contribution in [-0.2, 0) is 9.53 Å². The SMILES string of the molecule is CC(C)(C)C1=CC[C@H]2C(=O)OC[C@H](c3ccccc3)N12. The fraction of sp³-hybridized carbons (Fsp3) is 0.471. The molecule has 3 nitrogen and oxygen atoms in total. The summed E-state index contributed by atoms with van der Waals surface area (Å²) >= 11 is 0. The highest BCUT2D eigenvalue weighted by molar-refractivity contribution is 5.78. The molecule has 2 aliphatic heterocycles. The second-order valence-electron chi connectivity index (χ2n) is 6.55. The second kappa shape index (κ2) is 4.65. The van der Waals surface area contributed by atoms with Gasteiger partial charge in [0.25, 0.3) is 0 Å². The third-order valence-electron chi connectivity index (χ3n) is 4.09. The fourth-order valence-electron chi connectivity index (χ4n) is 3.17. The molecule has 2 aliphatic rings. The molecule has 0 unspecified atom stereocenters. The fourth-order valence-corrected chi connectivity index (χ4v) is 3.17. The van der Waals surface area contributed by atoms with Gasteiger partial charge in [-0.3, -0.25) is 0 Å².